The van der Waals surface area contributed by atoms with Crippen molar-refractivity contribution in [1.29, 1.82) is 0 Å². The number of rotatable bonds is 4. The second-order valence-electron chi connectivity index (χ2n) is 7.41. The first-order chi connectivity index (χ1) is 12.0. The number of amides is 1. The van der Waals surface area contributed by atoms with Gasteiger partial charge >= 0.3 is 0 Å². The van der Waals surface area contributed by atoms with E-state index in [9.17, 15) is 4.79 Å². The summed E-state index contributed by atoms with van der Waals surface area (Å²) in [7, 11) is 1.57. The van der Waals surface area contributed by atoms with Gasteiger partial charge in [0.1, 0.15) is 0 Å². The summed E-state index contributed by atoms with van der Waals surface area (Å²) in [6.45, 7) is 4.71. The zero-order valence-corrected chi connectivity index (χ0v) is 16.1. The van der Waals surface area contributed by atoms with Crippen LogP contribution >= 0.6 is 11.6 Å². The number of likely N-dealkylation sites (tertiary alicyclic amines) is 1. The number of carbonyl (C=O) groups excluding carboxylic acids is 1. The Morgan fingerprint density at radius 3 is 2.64 bits per heavy atom. The molecule has 0 N–H and O–H groups in total. The zero-order chi connectivity index (χ0) is 18.0. The zero-order valence-electron chi connectivity index (χ0n) is 15.4. The maximum Gasteiger partial charge on any atom is 0.254 e. The summed E-state index contributed by atoms with van der Waals surface area (Å²) in [5.74, 6) is 1.74. The van der Waals surface area contributed by atoms with Gasteiger partial charge in [0.2, 0.25) is 0 Å². The van der Waals surface area contributed by atoms with E-state index in [1.54, 1.807) is 19.2 Å². The fourth-order valence-electron chi connectivity index (χ4n) is 4.24. The normalized spacial score (nSPS) is 23.3. The molecule has 0 radical (unpaired) electrons. The van der Waals surface area contributed by atoms with Crippen LogP contribution < -0.4 is 9.47 Å². The van der Waals surface area contributed by atoms with Crippen LogP contribution in [0.3, 0.4) is 0 Å². The molecule has 138 valence electrons. The van der Waals surface area contributed by atoms with Gasteiger partial charge in [0.25, 0.3) is 5.91 Å². The molecule has 1 saturated carbocycles. The van der Waals surface area contributed by atoms with E-state index in [2.05, 4.69) is 4.90 Å². The number of hydrogen-bond donors (Lipinski definition) is 0. The van der Waals surface area contributed by atoms with Crippen molar-refractivity contribution in [2.45, 2.75) is 64.5 Å². The van der Waals surface area contributed by atoms with E-state index in [-0.39, 0.29) is 12.0 Å². The van der Waals surface area contributed by atoms with E-state index in [0.29, 0.717) is 34.0 Å². The lowest BCUT2D eigenvalue weighted by molar-refractivity contribution is 0.0390. The molecule has 2 fully saturated rings. The van der Waals surface area contributed by atoms with E-state index < -0.39 is 0 Å². The molecule has 0 unspecified atom stereocenters. The van der Waals surface area contributed by atoms with Crippen LogP contribution in [0.1, 0.15) is 62.7 Å². The van der Waals surface area contributed by atoms with Crippen LogP contribution in [0.4, 0.5) is 0 Å². The van der Waals surface area contributed by atoms with Crippen molar-refractivity contribution < 1.29 is 14.3 Å². The molecule has 1 aliphatic heterocycles. The molecule has 1 saturated heterocycles. The summed E-state index contributed by atoms with van der Waals surface area (Å²) in [4.78, 5) is 15.3. The Kier molecular flexibility index (Phi) is 5.78. The molecule has 2 atom stereocenters. The van der Waals surface area contributed by atoms with Crippen LogP contribution in [-0.2, 0) is 0 Å². The molecule has 3 rings (SSSR count). The summed E-state index contributed by atoms with van der Waals surface area (Å²) in [5.41, 5.74) is 0.587. The van der Waals surface area contributed by atoms with Gasteiger partial charge in [-0.3, -0.25) is 4.79 Å². The Labute approximate surface area is 155 Å². The number of ether oxygens (including phenoxy) is 2. The maximum atomic E-state index is 13.2. The third-order valence-electron chi connectivity index (χ3n) is 5.33. The Hall–Kier alpha value is -1.42. The number of hydrogen-bond acceptors (Lipinski definition) is 3. The standard InChI is InChI=1S/C20H28ClNO3/c1-13(2)25-19-16(21)11-15(12-18(19)24-3)20(23)22-10-6-8-14-7-4-5-9-17(14)22/h11-14,17H,4-10H2,1-3H3/t14-,17+/m1/s1. The van der Waals surface area contributed by atoms with Crippen molar-refractivity contribution in [1.82, 2.24) is 4.90 Å². The lowest BCUT2D eigenvalue weighted by atomic mass is 9.78. The van der Waals surface area contributed by atoms with Gasteiger partial charge in [-0.2, -0.15) is 0 Å². The largest absolute Gasteiger partial charge is 0.493 e. The molecule has 25 heavy (non-hydrogen) atoms. The van der Waals surface area contributed by atoms with Gasteiger partial charge in [-0.25, -0.2) is 0 Å². The number of halogens is 1. The van der Waals surface area contributed by atoms with Gasteiger partial charge in [0.05, 0.1) is 18.2 Å². The molecule has 5 heteroatoms. The van der Waals surface area contributed by atoms with Crippen LogP contribution in [-0.4, -0.2) is 36.6 Å². The topological polar surface area (TPSA) is 38.8 Å². The lowest BCUT2D eigenvalue weighted by Gasteiger charge is -2.44. The highest BCUT2D eigenvalue weighted by molar-refractivity contribution is 6.32. The first-order valence-electron chi connectivity index (χ1n) is 9.36. The summed E-state index contributed by atoms with van der Waals surface area (Å²) >= 11 is 6.40. The van der Waals surface area contributed by atoms with Crippen molar-refractivity contribution in [3.63, 3.8) is 0 Å². The maximum absolute atomic E-state index is 13.2. The van der Waals surface area contributed by atoms with Gasteiger partial charge in [0, 0.05) is 18.2 Å². The van der Waals surface area contributed by atoms with Gasteiger partial charge in [-0.1, -0.05) is 24.4 Å². The number of carbonyl (C=O) groups is 1. The van der Waals surface area contributed by atoms with Gasteiger partial charge in [-0.15, -0.1) is 0 Å². The van der Waals surface area contributed by atoms with E-state index in [1.807, 2.05) is 13.8 Å². The van der Waals surface area contributed by atoms with E-state index >= 15 is 0 Å². The molecule has 1 aliphatic carbocycles. The van der Waals surface area contributed by atoms with E-state index in [0.717, 1.165) is 19.4 Å². The highest BCUT2D eigenvalue weighted by Gasteiger charge is 2.36. The summed E-state index contributed by atoms with van der Waals surface area (Å²) in [6, 6.07) is 3.86. The molecule has 1 aromatic carbocycles. The monoisotopic (exact) mass is 365 g/mol. The average Bonchev–Trinajstić information content (AvgIpc) is 2.61. The summed E-state index contributed by atoms with van der Waals surface area (Å²) < 4.78 is 11.2. The summed E-state index contributed by atoms with van der Waals surface area (Å²) in [6.07, 6.45) is 7.21. The van der Waals surface area contributed by atoms with Crippen LogP contribution in [0.25, 0.3) is 0 Å². The molecular formula is C20H28ClNO3. The van der Waals surface area contributed by atoms with Gasteiger partial charge in [0.15, 0.2) is 11.5 Å². The molecule has 0 aromatic heterocycles. The number of nitrogens with zero attached hydrogens (tertiary/aromatic N) is 1. The first kappa shape index (κ1) is 18.4. The molecule has 2 aliphatic rings. The average molecular weight is 366 g/mol. The Morgan fingerprint density at radius 1 is 1.20 bits per heavy atom. The highest BCUT2D eigenvalue weighted by Crippen LogP contribution is 2.39. The van der Waals surface area contributed by atoms with E-state index in [1.165, 1.54) is 25.7 Å². The fraction of sp³-hybridized carbons (Fsp3) is 0.650. The van der Waals surface area contributed by atoms with Crippen LogP contribution in [0, 0.1) is 5.92 Å². The fourth-order valence-corrected chi connectivity index (χ4v) is 4.49. The van der Waals surface area contributed by atoms with Crippen LogP contribution in [0.5, 0.6) is 11.5 Å². The predicted octanol–water partition coefficient (Wildman–Crippen LogP) is 4.93. The van der Waals surface area contributed by atoms with Crippen LogP contribution in [0.2, 0.25) is 5.02 Å². The second kappa shape index (κ2) is 7.86. The molecule has 4 nitrogen and oxygen atoms in total. The predicted molar refractivity (Wildman–Crippen MR) is 99.8 cm³/mol. The van der Waals surface area contributed by atoms with Crippen molar-refractivity contribution in [3.05, 3.63) is 22.7 Å². The number of fused-ring (bicyclic) bond motifs is 1. The Bertz CT molecular complexity index is 630. The highest BCUT2D eigenvalue weighted by atomic mass is 35.5. The molecule has 1 amide bonds. The summed E-state index contributed by atoms with van der Waals surface area (Å²) in [5, 5.41) is 0.425. The van der Waals surface area contributed by atoms with Crippen molar-refractivity contribution in [2.75, 3.05) is 13.7 Å². The van der Waals surface area contributed by atoms with E-state index in [4.69, 9.17) is 21.1 Å². The van der Waals surface area contributed by atoms with Crippen molar-refractivity contribution in [3.8, 4) is 11.5 Å². The van der Waals surface area contributed by atoms with Crippen LogP contribution in [0.15, 0.2) is 12.1 Å². The number of methoxy groups -OCH3 is 1. The SMILES string of the molecule is COc1cc(C(=O)N2CCC[C@H]3CCCC[C@@H]32)cc(Cl)c1OC(C)C. The van der Waals surface area contributed by atoms with Gasteiger partial charge < -0.3 is 14.4 Å². The molecule has 1 aromatic rings. The minimum Gasteiger partial charge on any atom is -0.493 e. The van der Waals surface area contributed by atoms with Crippen molar-refractivity contribution in [2.24, 2.45) is 5.92 Å². The lowest BCUT2D eigenvalue weighted by Crippen LogP contribution is -2.49. The third-order valence-corrected chi connectivity index (χ3v) is 5.61. The molecular weight excluding hydrogens is 338 g/mol. The Morgan fingerprint density at radius 2 is 1.92 bits per heavy atom. The van der Waals surface area contributed by atoms with Crippen molar-refractivity contribution >= 4 is 17.5 Å². The minimum atomic E-state index is -0.0157. The molecule has 0 spiro atoms. The Balaban J connectivity index is 1.87. The quantitative estimate of drug-likeness (QED) is 0.759. The molecule has 0 bridgehead atoms. The minimum absolute atomic E-state index is 0.0157. The number of piperidine rings is 1. The second-order valence-corrected chi connectivity index (χ2v) is 7.82. The van der Waals surface area contributed by atoms with Gasteiger partial charge in [-0.05, 0) is 57.6 Å². The number of benzene rings is 1. The smallest absolute Gasteiger partial charge is 0.254 e. The molecule has 1 heterocycles. The first-order valence-corrected chi connectivity index (χ1v) is 9.74. The third kappa shape index (κ3) is 3.89.